The summed E-state index contributed by atoms with van der Waals surface area (Å²) in [5.41, 5.74) is 0. The van der Waals surface area contributed by atoms with Crippen LogP contribution in [0.15, 0.2) is 0 Å². The van der Waals surface area contributed by atoms with Gasteiger partial charge in [0.15, 0.2) is 0 Å². The van der Waals surface area contributed by atoms with E-state index in [1.54, 1.807) is 13.8 Å². The first-order valence-corrected chi connectivity index (χ1v) is 7.97. The summed E-state index contributed by atoms with van der Waals surface area (Å²) >= 11 is 0. The number of nitrogens with one attached hydrogen (secondary N) is 1. The summed E-state index contributed by atoms with van der Waals surface area (Å²) in [7, 11) is -2.03. The van der Waals surface area contributed by atoms with Gasteiger partial charge in [0.2, 0.25) is 0 Å². The van der Waals surface area contributed by atoms with Gasteiger partial charge in [-0.2, -0.15) is 22.7 Å². The molecule has 0 aromatic heterocycles. The van der Waals surface area contributed by atoms with E-state index in [1.165, 1.54) is 17.8 Å². The van der Waals surface area contributed by atoms with E-state index in [4.69, 9.17) is 5.26 Å². The molecule has 0 bridgehead atoms. The largest absolute Gasteiger partial charge is 0.280 e. The predicted octanol–water partition coefficient (Wildman–Crippen LogP) is 1.63. The van der Waals surface area contributed by atoms with Crippen LogP contribution in [-0.2, 0) is 10.2 Å². The van der Waals surface area contributed by atoms with E-state index in [0.717, 1.165) is 25.7 Å². The van der Waals surface area contributed by atoms with E-state index in [0.29, 0.717) is 0 Å². The molecule has 1 saturated carbocycles. The molecule has 1 rings (SSSR count). The van der Waals surface area contributed by atoms with Gasteiger partial charge in [-0.3, -0.25) is 0 Å². The standard InChI is InChI=1S/C12H23N3O2S/c1-10(2)15(3)18(16,17)14-12(9-13)11-7-5-4-6-8-11/h10-12,14H,4-8H2,1-3H3. The Balaban J connectivity index is 2.71. The van der Waals surface area contributed by atoms with Gasteiger partial charge in [0.05, 0.1) is 6.07 Å². The molecule has 5 nitrogen and oxygen atoms in total. The summed E-state index contributed by atoms with van der Waals surface area (Å²) in [4.78, 5) is 0. The van der Waals surface area contributed by atoms with E-state index in [1.807, 2.05) is 0 Å². The topological polar surface area (TPSA) is 73.2 Å². The molecular formula is C12H23N3O2S. The maximum Gasteiger partial charge on any atom is 0.280 e. The van der Waals surface area contributed by atoms with Crippen molar-refractivity contribution in [2.45, 2.75) is 58.0 Å². The van der Waals surface area contributed by atoms with Gasteiger partial charge in [0.1, 0.15) is 6.04 Å². The minimum Gasteiger partial charge on any atom is -0.197 e. The molecule has 6 heteroatoms. The van der Waals surface area contributed by atoms with Crippen molar-refractivity contribution >= 4 is 10.2 Å². The van der Waals surface area contributed by atoms with Crippen molar-refractivity contribution in [2.75, 3.05) is 7.05 Å². The SMILES string of the molecule is CC(C)N(C)S(=O)(=O)NC(C#N)C1CCCCC1. The van der Waals surface area contributed by atoms with Crippen molar-refractivity contribution < 1.29 is 8.42 Å². The van der Waals surface area contributed by atoms with Crippen LogP contribution in [0.5, 0.6) is 0 Å². The van der Waals surface area contributed by atoms with Crippen molar-refractivity contribution in [1.82, 2.24) is 9.03 Å². The first-order chi connectivity index (χ1) is 8.38. The third-order valence-electron chi connectivity index (χ3n) is 3.64. The molecular weight excluding hydrogens is 250 g/mol. The van der Waals surface area contributed by atoms with Crippen molar-refractivity contribution in [3.63, 3.8) is 0 Å². The van der Waals surface area contributed by atoms with Crippen molar-refractivity contribution in [3.8, 4) is 6.07 Å². The lowest BCUT2D eigenvalue weighted by Crippen LogP contribution is -2.48. The van der Waals surface area contributed by atoms with E-state index >= 15 is 0 Å². The molecule has 0 spiro atoms. The molecule has 0 saturated heterocycles. The number of hydrogen-bond acceptors (Lipinski definition) is 3. The fourth-order valence-corrected chi connectivity index (χ4v) is 3.50. The Hall–Kier alpha value is -0.640. The van der Waals surface area contributed by atoms with Crippen LogP contribution in [0.3, 0.4) is 0 Å². The predicted molar refractivity (Wildman–Crippen MR) is 70.9 cm³/mol. The molecule has 1 fully saturated rings. The van der Waals surface area contributed by atoms with Crippen LogP contribution in [0.4, 0.5) is 0 Å². The molecule has 1 N–H and O–H groups in total. The van der Waals surface area contributed by atoms with E-state index in [9.17, 15) is 8.42 Å². The Morgan fingerprint density at radius 3 is 2.28 bits per heavy atom. The maximum absolute atomic E-state index is 12.0. The first-order valence-electron chi connectivity index (χ1n) is 6.53. The monoisotopic (exact) mass is 273 g/mol. The molecule has 0 aromatic rings. The number of nitriles is 1. The molecule has 18 heavy (non-hydrogen) atoms. The van der Waals surface area contributed by atoms with Crippen LogP contribution in [0, 0.1) is 17.2 Å². The summed E-state index contributed by atoms with van der Waals surface area (Å²) in [6.45, 7) is 3.61. The summed E-state index contributed by atoms with van der Waals surface area (Å²) in [5.74, 6) is 0.152. The van der Waals surface area contributed by atoms with Crippen LogP contribution >= 0.6 is 0 Å². The second kappa shape index (κ2) is 6.50. The third kappa shape index (κ3) is 3.94. The Kier molecular flexibility index (Phi) is 5.57. The molecule has 1 atom stereocenters. The van der Waals surface area contributed by atoms with Gasteiger partial charge >= 0.3 is 0 Å². The van der Waals surface area contributed by atoms with Crippen LogP contribution in [0.25, 0.3) is 0 Å². The molecule has 1 aliphatic carbocycles. The van der Waals surface area contributed by atoms with Crippen molar-refractivity contribution in [2.24, 2.45) is 5.92 Å². The molecule has 1 aliphatic rings. The number of rotatable bonds is 5. The fraction of sp³-hybridized carbons (Fsp3) is 0.917. The molecule has 0 aromatic carbocycles. The third-order valence-corrected chi connectivity index (χ3v) is 5.37. The normalized spacial score (nSPS) is 20.0. The minimum absolute atomic E-state index is 0.117. The Morgan fingerprint density at radius 1 is 1.28 bits per heavy atom. The van der Waals surface area contributed by atoms with Gasteiger partial charge in [-0.15, -0.1) is 0 Å². The smallest absolute Gasteiger partial charge is 0.197 e. The fourth-order valence-electron chi connectivity index (χ4n) is 2.22. The van der Waals surface area contributed by atoms with Gasteiger partial charge in [-0.05, 0) is 32.6 Å². The van der Waals surface area contributed by atoms with Gasteiger partial charge in [0, 0.05) is 13.1 Å². The number of nitrogens with zero attached hydrogens (tertiary/aromatic N) is 2. The van der Waals surface area contributed by atoms with Crippen LogP contribution in [0.1, 0.15) is 46.0 Å². The highest BCUT2D eigenvalue weighted by Crippen LogP contribution is 2.26. The zero-order chi connectivity index (χ0) is 13.8. The Morgan fingerprint density at radius 2 is 1.83 bits per heavy atom. The maximum atomic E-state index is 12.0. The van der Waals surface area contributed by atoms with Crippen LogP contribution < -0.4 is 4.72 Å². The average Bonchev–Trinajstić information content (AvgIpc) is 2.36. The summed E-state index contributed by atoms with van der Waals surface area (Å²) in [6, 6.07) is 1.39. The Bertz CT molecular complexity index is 394. The summed E-state index contributed by atoms with van der Waals surface area (Å²) < 4.78 is 27.9. The molecule has 0 heterocycles. The Labute approximate surface area is 110 Å². The zero-order valence-corrected chi connectivity index (χ0v) is 12.2. The first kappa shape index (κ1) is 15.4. The van der Waals surface area contributed by atoms with Crippen molar-refractivity contribution in [1.29, 1.82) is 5.26 Å². The molecule has 0 amide bonds. The highest BCUT2D eigenvalue weighted by atomic mass is 32.2. The van der Waals surface area contributed by atoms with Crippen LogP contribution in [0.2, 0.25) is 0 Å². The molecule has 0 radical (unpaired) electrons. The zero-order valence-electron chi connectivity index (χ0n) is 11.4. The summed E-state index contributed by atoms with van der Waals surface area (Å²) in [6.07, 6.45) is 5.24. The van der Waals surface area contributed by atoms with Gasteiger partial charge < -0.3 is 0 Å². The highest BCUT2D eigenvalue weighted by molar-refractivity contribution is 7.87. The lowest BCUT2D eigenvalue weighted by Gasteiger charge is -2.29. The second-order valence-corrected chi connectivity index (χ2v) is 7.00. The molecule has 1 unspecified atom stereocenters. The molecule has 104 valence electrons. The van der Waals surface area contributed by atoms with Crippen LogP contribution in [-0.4, -0.2) is 31.9 Å². The second-order valence-electron chi connectivity index (χ2n) is 5.24. The highest BCUT2D eigenvalue weighted by Gasteiger charge is 2.30. The van der Waals surface area contributed by atoms with E-state index in [-0.39, 0.29) is 12.0 Å². The lowest BCUT2D eigenvalue weighted by molar-refractivity contribution is 0.316. The van der Waals surface area contributed by atoms with Gasteiger partial charge in [-0.1, -0.05) is 19.3 Å². The minimum atomic E-state index is -3.56. The van der Waals surface area contributed by atoms with E-state index < -0.39 is 16.3 Å². The summed E-state index contributed by atoms with van der Waals surface area (Å²) in [5, 5.41) is 9.17. The van der Waals surface area contributed by atoms with Crippen molar-refractivity contribution in [3.05, 3.63) is 0 Å². The lowest BCUT2D eigenvalue weighted by atomic mass is 9.85. The number of hydrogen-bond donors (Lipinski definition) is 1. The quantitative estimate of drug-likeness (QED) is 0.827. The van der Waals surface area contributed by atoms with E-state index in [2.05, 4.69) is 10.8 Å². The van der Waals surface area contributed by atoms with Gasteiger partial charge in [0.25, 0.3) is 10.2 Å². The van der Waals surface area contributed by atoms with Gasteiger partial charge in [-0.25, -0.2) is 0 Å². The average molecular weight is 273 g/mol. The molecule has 0 aliphatic heterocycles.